The number of thiazole rings is 1. The smallest absolute Gasteiger partial charge is 0.245 e. The van der Waals surface area contributed by atoms with Crippen molar-refractivity contribution in [1.29, 1.82) is 0 Å². The van der Waals surface area contributed by atoms with E-state index in [-0.39, 0.29) is 11.9 Å². The molecule has 2 aromatic heterocycles. The van der Waals surface area contributed by atoms with Gasteiger partial charge in [-0.1, -0.05) is 6.07 Å². The van der Waals surface area contributed by atoms with Crippen LogP contribution in [-0.4, -0.2) is 58.0 Å². The summed E-state index contributed by atoms with van der Waals surface area (Å²) in [6.45, 7) is 3.46. The Labute approximate surface area is 151 Å². The van der Waals surface area contributed by atoms with Crippen LogP contribution in [0.1, 0.15) is 29.5 Å². The predicted molar refractivity (Wildman–Crippen MR) is 95.1 cm³/mol. The Kier molecular flexibility index (Phi) is 5.05. The van der Waals surface area contributed by atoms with E-state index < -0.39 is 0 Å². The topological polar surface area (TPSA) is 58.6 Å². The standard InChI is InChI=1S/C18H22N4O2S/c23-18(22(15-3-4-15)13-16-20-6-11-25-16)17(14-2-1-5-19-12-14)21-7-9-24-10-8-21/h1-2,5-6,11-12,15,17H,3-4,7-10,13H2/t17-/m0/s1. The van der Waals surface area contributed by atoms with Crippen LogP contribution in [0, 0.1) is 0 Å². The first-order valence-corrected chi connectivity index (χ1v) is 9.61. The molecule has 0 N–H and O–H groups in total. The highest BCUT2D eigenvalue weighted by Gasteiger charge is 2.39. The van der Waals surface area contributed by atoms with Gasteiger partial charge in [-0.2, -0.15) is 0 Å². The summed E-state index contributed by atoms with van der Waals surface area (Å²) in [4.78, 5) is 26.4. The van der Waals surface area contributed by atoms with E-state index in [2.05, 4.69) is 14.9 Å². The second kappa shape index (κ2) is 7.59. The quantitative estimate of drug-likeness (QED) is 0.791. The van der Waals surface area contributed by atoms with E-state index in [4.69, 9.17) is 4.74 Å². The Hall–Kier alpha value is -1.83. The van der Waals surface area contributed by atoms with Crippen molar-refractivity contribution in [3.8, 4) is 0 Å². The zero-order valence-corrected chi connectivity index (χ0v) is 14.9. The van der Waals surface area contributed by atoms with Gasteiger partial charge in [0.15, 0.2) is 0 Å². The van der Waals surface area contributed by atoms with Crippen molar-refractivity contribution in [3.63, 3.8) is 0 Å². The molecule has 1 amide bonds. The lowest BCUT2D eigenvalue weighted by Gasteiger charge is -2.36. The van der Waals surface area contributed by atoms with Crippen LogP contribution >= 0.6 is 11.3 Å². The molecule has 1 aliphatic heterocycles. The number of morpholine rings is 1. The van der Waals surface area contributed by atoms with E-state index >= 15 is 0 Å². The highest BCUT2D eigenvalue weighted by Crippen LogP contribution is 2.33. The van der Waals surface area contributed by atoms with Crippen LogP contribution in [0.3, 0.4) is 0 Å². The van der Waals surface area contributed by atoms with Gasteiger partial charge in [-0.3, -0.25) is 14.7 Å². The number of ether oxygens (including phenoxy) is 1. The molecule has 132 valence electrons. The molecule has 2 aromatic rings. The minimum atomic E-state index is -0.293. The zero-order valence-electron chi connectivity index (χ0n) is 14.1. The van der Waals surface area contributed by atoms with Crippen molar-refractivity contribution in [2.75, 3.05) is 26.3 Å². The molecule has 0 radical (unpaired) electrons. The van der Waals surface area contributed by atoms with Gasteiger partial charge in [-0.15, -0.1) is 11.3 Å². The SMILES string of the molecule is O=C([C@H](c1cccnc1)N1CCOCC1)N(Cc1nccs1)C1CC1. The monoisotopic (exact) mass is 358 g/mol. The molecule has 0 unspecified atom stereocenters. The summed E-state index contributed by atoms with van der Waals surface area (Å²) in [6.07, 6.45) is 7.53. The van der Waals surface area contributed by atoms with Crippen LogP contribution < -0.4 is 0 Å². The predicted octanol–water partition coefficient (Wildman–Crippen LogP) is 2.10. The summed E-state index contributed by atoms with van der Waals surface area (Å²) in [7, 11) is 0. The molecule has 4 rings (SSSR count). The van der Waals surface area contributed by atoms with Crippen LogP contribution in [0.15, 0.2) is 36.1 Å². The Morgan fingerprint density at radius 2 is 2.20 bits per heavy atom. The third-order valence-corrected chi connectivity index (χ3v) is 5.47. The molecule has 25 heavy (non-hydrogen) atoms. The molecule has 2 aliphatic rings. The highest BCUT2D eigenvalue weighted by atomic mass is 32.1. The van der Waals surface area contributed by atoms with Gasteiger partial charge < -0.3 is 9.64 Å². The molecule has 0 spiro atoms. The first kappa shape index (κ1) is 16.6. The number of hydrogen-bond donors (Lipinski definition) is 0. The summed E-state index contributed by atoms with van der Waals surface area (Å²) < 4.78 is 5.48. The zero-order chi connectivity index (χ0) is 17.1. The fourth-order valence-corrected chi connectivity index (χ4v) is 3.90. The highest BCUT2D eigenvalue weighted by molar-refractivity contribution is 7.09. The van der Waals surface area contributed by atoms with E-state index in [9.17, 15) is 4.79 Å². The Bertz CT molecular complexity index is 684. The lowest BCUT2D eigenvalue weighted by Crippen LogP contribution is -2.47. The van der Waals surface area contributed by atoms with Gasteiger partial charge in [0.1, 0.15) is 11.0 Å². The third-order valence-electron chi connectivity index (χ3n) is 4.70. The molecule has 0 bridgehead atoms. The molecule has 1 saturated carbocycles. The number of nitrogens with zero attached hydrogens (tertiary/aromatic N) is 4. The normalized spacial score (nSPS) is 19.5. The first-order chi connectivity index (χ1) is 12.3. The second-order valence-corrected chi connectivity index (χ2v) is 7.44. The average Bonchev–Trinajstić information content (AvgIpc) is 3.37. The summed E-state index contributed by atoms with van der Waals surface area (Å²) >= 11 is 1.61. The van der Waals surface area contributed by atoms with E-state index in [0.717, 1.165) is 36.5 Å². The molecule has 2 fully saturated rings. The number of carbonyl (C=O) groups is 1. The molecule has 1 saturated heterocycles. The van der Waals surface area contributed by atoms with Crippen LogP contribution in [0.4, 0.5) is 0 Å². The van der Waals surface area contributed by atoms with Gasteiger partial charge in [0.2, 0.25) is 5.91 Å². The molecule has 1 aliphatic carbocycles. The minimum absolute atomic E-state index is 0.160. The average molecular weight is 358 g/mol. The van der Waals surface area contributed by atoms with Crippen LogP contribution in [0.2, 0.25) is 0 Å². The van der Waals surface area contributed by atoms with Gasteiger partial charge in [-0.05, 0) is 24.5 Å². The number of pyridine rings is 1. The minimum Gasteiger partial charge on any atom is -0.379 e. The number of aromatic nitrogens is 2. The summed E-state index contributed by atoms with van der Waals surface area (Å²) in [5.74, 6) is 0.160. The van der Waals surface area contributed by atoms with Crippen molar-refractivity contribution in [2.45, 2.75) is 31.5 Å². The van der Waals surface area contributed by atoms with Crippen LogP contribution in [-0.2, 0) is 16.1 Å². The lowest BCUT2D eigenvalue weighted by molar-refractivity contribution is -0.140. The van der Waals surface area contributed by atoms with Gasteiger partial charge in [0, 0.05) is 43.1 Å². The van der Waals surface area contributed by atoms with Gasteiger partial charge in [0.25, 0.3) is 0 Å². The Morgan fingerprint density at radius 3 is 2.84 bits per heavy atom. The molecule has 7 heteroatoms. The van der Waals surface area contributed by atoms with Gasteiger partial charge >= 0.3 is 0 Å². The van der Waals surface area contributed by atoms with Gasteiger partial charge in [-0.25, -0.2) is 4.98 Å². The molecule has 0 aromatic carbocycles. The Balaban J connectivity index is 1.61. The van der Waals surface area contributed by atoms with Crippen LogP contribution in [0.25, 0.3) is 0 Å². The van der Waals surface area contributed by atoms with E-state index in [1.54, 1.807) is 23.7 Å². The van der Waals surface area contributed by atoms with Crippen molar-refractivity contribution < 1.29 is 9.53 Å². The lowest BCUT2D eigenvalue weighted by atomic mass is 10.0. The van der Waals surface area contributed by atoms with Crippen molar-refractivity contribution in [1.82, 2.24) is 19.8 Å². The first-order valence-electron chi connectivity index (χ1n) is 8.73. The van der Waals surface area contributed by atoms with Gasteiger partial charge in [0.05, 0.1) is 19.8 Å². The van der Waals surface area contributed by atoms with Crippen molar-refractivity contribution in [2.24, 2.45) is 0 Å². The molecular formula is C18H22N4O2S. The molecule has 1 atom stereocenters. The largest absolute Gasteiger partial charge is 0.379 e. The van der Waals surface area contributed by atoms with E-state index in [1.165, 1.54) is 0 Å². The second-order valence-electron chi connectivity index (χ2n) is 6.46. The van der Waals surface area contributed by atoms with Crippen molar-refractivity contribution >= 4 is 17.2 Å². The summed E-state index contributed by atoms with van der Waals surface area (Å²) in [6, 6.07) is 3.95. The fourth-order valence-electron chi connectivity index (χ4n) is 3.29. The number of carbonyl (C=O) groups excluding carboxylic acids is 1. The number of hydrogen-bond acceptors (Lipinski definition) is 6. The van der Waals surface area contributed by atoms with E-state index in [0.29, 0.717) is 25.8 Å². The molecule has 3 heterocycles. The summed E-state index contributed by atoms with van der Waals surface area (Å²) in [5, 5.41) is 2.96. The maximum Gasteiger partial charge on any atom is 0.245 e. The fraction of sp³-hybridized carbons (Fsp3) is 0.500. The maximum atomic E-state index is 13.5. The summed E-state index contributed by atoms with van der Waals surface area (Å²) in [5.41, 5.74) is 0.958. The third kappa shape index (κ3) is 3.89. The van der Waals surface area contributed by atoms with Crippen molar-refractivity contribution in [3.05, 3.63) is 46.7 Å². The Morgan fingerprint density at radius 1 is 1.36 bits per heavy atom. The molecular weight excluding hydrogens is 336 g/mol. The van der Waals surface area contributed by atoms with Crippen LogP contribution in [0.5, 0.6) is 0 Å². The number of rotatable bonds is 6. The van der Waals surface area contributed by atoms with E-state index in [1.807, 2.05) is 28.6 Å². The molecule has 6 nitrogen and oxygen atoms in total. The number of amides is 1. The maximum absolute atomic E-state index is 13.5.